The SMILES string of the molecule is C=Cc1cc(Cl)cc(N2CCCC(C(F)(F)F)C2)n1. The van der Waals surface area contributed by atoms with Crippen LogP contribution in [0.3, 0.4) is 0 Å². The van der Waals surface area contributed by atoms with Gasteiger partial charge in [-0.05, 0) is 31.1 Å². The molecule has 0 radical (unpaired) electrons. The van der Waals surface area contributed by atoms with Crippen molar-refractivity contribution in [1.82, 2.24) is 4.98 Å². The van der Waals surface area contributed by atoms with Crippen molar-refractivity contribution in [3.05, 3.63) is 29.4 Å². The summed E-state index contributed by atoms with van der Waals surface area (Å²) in [5.41, 5.74) is 0.566. The second kappa shape index (κ2) is 5.41. The predicted molar refractivity (Wildman–Crippen MR) is 70.3 cm³/mol. The van der Waals surface area contributed by atoms with Gasteiger partial charge in [-0.3, -0.25) is 0 Å². The third-order valence-electron chi connectivity index (χ3n) is 3.21. The molecule has 1 atom stereocenters. The van der Waals surface area contributed by atoms with Gasteiger partial charge < -0.3 is 4.90 Å². The number of alkyl halides is 3. The van der Waals surface area contributed by atoms with Crippen LogP contribution in [0, 0.1) is 5.92 Å². The van der Waals surface area contributed by atoms with Crippen molar-refractivity contribution >= 4 is 23.5 Å². The highest BCUT2D eigenvalue weighted by molar-refractivity contribution is 6.30. The van der Waals surface area contributed by atoms with Gasteiger partial charge in [0.15, 0.2) is 0 Å². The molecule has 2 nitrogen and oxygen atoms in total. The lowest BCUT2D eigenvalue weighted by Crippen LogP contribution is -2.42. The number of anilines is 1. The number of hydrogen-bond donors (Lipinski definition) is 0. The van der Waals surface area contributed by atoms with E-state index >= 15 is 0 Å². The van der Waals surface area contributed by atoms with Crippen LogP contribution in [0.25, 0.3) is 6.08 Å². The first-order valence-corrected chi connectivity index (χ1v) is 6.39. The highest BCUT2D eigenvalue weighted by atomic mass is 35.5. The van der Waals surface area contributed by atoms with Crippen LogP contribution in [0.15, 0.2) is 18.7 Å². The first-order chi connectivity index (χ1) is 8.90. The number of pyridine rings is 1. The third kappa shape index (κ3) is 3.41. The summed E-state index contributed by atoms with van der Waals surface area (Å²) in [5, 5.41) is 0.453. The quantitative estimate of drug-likeness (QED) is 0.813. The summed E-state index contributed by atoms with van der Waals surface area (Å²) in [5.74, 6) is -0.814. The monoisotopic (exact) mass is 290 g/mol. The summed E-state index contributed by atoms with van der Waals surface area (Å²) in [6.45, 7) is 4.10. The normalized spacial score (nSPS) is 20.4. The zero-order chi connectivity index (χ0) is 14.0. The van der Waals surface area contributed by atoms with E-state index in [2.05, 4.69) is 11.6 Å². The van der Waals surface area contributed by atoms with E-state index in [0.717, 1.165) is 0 Å². The Morgan fingerprint density at radius 2 is 2.16 bits per heavy atom. The highest BCUT2D eigenvalue weighted by Crippen LogP contribution is 2.34. The molecule has 0 amide bonds. The molecule has 104 valence electrons. The van der Waals surface area contributed by atoms with Crippen LogP contribution in [0.4, 0.5) is 19.0 Å². The Labute approximate surface area is 114 Å². The second-order valence-corrected chi connectivity index (χ2v) is 5.04. The summed E-state index contributed by atoms with van der Waals surface area (Å²) in [4.78, 5) is 5.89. The van der Waals surface area contributed by atoms with Gasteiger partial charge in [0, 0.05) is 18.1 Å². The fourth-order valence-electron chi connectivity index (χ4n) is 2.22. The minimum absolute atomic E-state index is 0.0621. The van der Waals surface area contributed by atoms with E-state index in [9.17, 15) is 13.2 Å². The smallest absolute Gasteiger partial charge is 0.356 e. The van der Waals surface area contributed by atoms with Gasteiger partial charge in [0.25, 0.3) is 0 Å². The molecule has 0 spiro atoms. The van der Waals surface area contributed by atoms with Crippen LogP contribution in [0.1, 0.15) is 18.5 Å². The van der Waals surface area contributed by atoms with Crippen molar-refractivity contribution in [3.63, 3.8) is 0 Å². The fourth-order valence-corrected chi connectivity index (χ4v) is 2.43. The Morgan fingerprint density at radius 1 is 1.42 bits per heavy atom. The summed E-state index contributed by atoms with van der Waals surface area (Å²) < 4.78 is 38.3. The maximum absolute atomic E-state index is 12.8. The molecule has 0 aliphatic carbocycles. The van der Waals surface area contributed by atoms with Gasteiger partial charge in [-0.25, -0.2) is 4.98 Å². The Morgan fingerprint density at radius 3 is 2.79 bits per heavy atom. The molecular weight excluding hydrogens is 277 g/mol. The summed E-state index contributed by atoms with van der Waals surface area (Å²) in [6.07, 6.45) is -1.95. The largest absolute Gasteiger partial charge is 0.393 e. The minimum Gasteiger partial charge on any atom is -0.356 e. The van der Waals surface area contributed by atoms with Gasteiger partial charge in [0.2, 0.25) is 0 Å². The van der Waals surface area contributed by atoms with Crippen molar-refractivity contribution in [2.45, 2.75) is 19.0 Å². The first kappa shape index (κ1) is 14.2. The van der Waals surface area contributed by atoms with E-state index in [4.69, 9.17) is 11.6 Å². The lowest BCUT2D eigenvalue weighted by atomic mass is 9.97. The molecule has 1 unspecified atom stereocenters. The average molecular weight is 291 g/mol. The van der Waals surface area contributed by atoms with Gasteiger partial charge in [0.05, 0.1) is 11.6 Å². The molecule has 6 heteroatoms. The highest BCUT2D eigenvalue weighted by Gasteiger charge is 2.42. The zero-order valence-corrected chi connectivity index (χ0v) is 11.0. The molecule has 1 aliphatic rings. The first-order valence-electron chi connectivity index (χ1n) is 6.02. The van der Waals surface area contributed by atoms with Crippen LogP contribution in [-0.2, 0) is 0 Å². The van der Waals surface area contributed by atoms with E-state index in [-0.39, 0.29) is 13.0 Å². The number of rotatable bonds is 2. The molecule has 2 rings (SSSR count). The molecule has 1 aromatic rings. The number of halogens is 4. The van der Waals surface area contributed by atoms with Crippen LogP contribution < -0.4 is 4.90 Å². The molecule has 0 aromatic carbocycles. The summed E-state index contributed by atoms with van der Waals surface area (Å²) in [7, 11) is 0. The van der Waals surface area contributed by atoms with Gasteiger partial charge in [-0.2, -0.15) is 13.2 Å². The van der Waals surface area contributed by atoms with Gasteiger partial charge in [0.1, 0.15) is 5.82 Å². The van der Waals surface area contributed by atoms with Crippen molar-refractivity contribution < 1.29 is 13.2 Å². The van der Waals surface area contributed by atoms with E-state index < -0.39 is 12.1 Å². The molecule has 1 fully saturated rings. The standard InChI is InChI=1S/C13H14ClF3N2/c1-2-11-6-10(14)7-12(18-11)19-5-3-4-9(8-19)13(15,16)17/h2,6-7,9H,1,3-5,8H2. The van der Waals surface area contributed by atoms with E-state index in [0.29, 0.717) is 29.5 Å². The number of piperidine rings is 1. The van der Waals surface area contributed by atoms with E-state index in [1.165, 1.54) is 6.08 Å². The number of hydrogen-bond acceptors (Lipinski definition) is 2. The van der Waals surface area contributed by atoms with Crippen LogP contribution in [0.2, 0.25) is 5.02 Å². The third-order valence-corrected chi connectivity index (χ3v) is 3.43. The fraction of sp³-hybridized carbons (Fsp3) is 0.462. The molecular formula is C13H14ClF3N2. The maximum atomic E-state index is 12.8. The Kier molecular flexibility index (Phi) is 4.04. The van der Waals surface area contributed by atoms with Crippen molar-refractivity contribution in [3.8, 4) is 0 Å². The number of nitrogens with zero attached hydrogens (tertiary/aromatic N) is 2. The number of aromatic nitrogens is 1. The minimum atomic E-state index is -4.15. The predicted octanol–water partition coefficient (Wildman–Crippen LogP) is 4.16. The summed E-state index contributed by atoms with van der Waals surface area (Å²) >= 11 is 5.94. The lowest BCUT2D eigenvalue weighted by molar-refractivity contribution is -0.176. The zero-order valence-electron chi connectivity index (χ0n) is 10.3. The molecule has 0 bridgehead atoms. The van der Waals surface area contributed by atoms with Crippen LogP contribution in [-0.4, -0.2) is 24.2 Å². The Bertz CT molecular complexity index is 473. The van der Waals surface area contributed by atoms with Gasteiger partial charge in [-0.15, -0.1) is 0 Å². The van der Waals surface area contributed by atoms with Crippen LogP contribution >= 0.6 is 11.6 Å². The van der Waals surface area contributed by atoms with Crippen molar-refractivity contribution in [2.75, 3.05) is 18.0 Å². The van der Waals surface area contributed by atoms with Gasteiger partial charge in [-0.1, -0.05) is 18.2 Å². The molecule has 2 heterocycles. The molecule has 1 saturated heterocycles. The molecule has 0 N–H and O–H groups in total. The Balaban J connectivity index is 2.22. The van der Waals surface area contributed by atoms with Crippen molar-refractivity contribution in [1.29, 1.82) is 0 Å². The molecule has 0 saturated carbocycles. The lowest BCUT2D eigenvalue weighted by Gasteiger charge is -2.34. The molecule has 19 heavy (non-hydrogen) atoms. The van der Waals surface area contributed by atoms with E-state index in [1.54, 1.807) is 17.0 Å². The summed E-state index contributed by atoms with van der Waals surface area (Å²) in [6, 6.07) is 3.22. The maximum Gasteiger partial charge on any atom is 0.393 e. The second-order valence-electron chi connectivity index (χ2n) is 4.60. The Hall–Kier alpha value is -1.23. The van der Waals surface area contributed by atoms with Gasteiger partial charge >= 0.3 is 6.18 Å². The average Bonchev–Trinajstić information content (AvgIpc) is 2.37. The van der Waals surface area contributed by atoms with Crippen molar-refractivity contribution in [2.24, 2.45) is 5.92 Å². The molecule has 1 aromatic heterocycles. The topological polar surface area (TPSA) is 16.1 Å². The van der Waals surface area contributed by atoms with Crippen LogP contribution in [0.5, 0.6) is 0 Å². The van der Waals surface area contributed by atoms with E-state index in [1.807, 2.05) is 0 Å². The molecule has 1 aliphatic heterocycles.